The lowest BCUT2D eigenvalue weighted by molar-refractivity contribution is -0.136. The molecule has 5 heteroatoms. The molecular formula is C10H8N2O3. The van der Waals surface area contributed by atoms with Gasteiger partial charge < -0.3 is 9.52 Å². The van der Waals surface area contributed by atoms with E-state index in [4.69, 9.17) is 9.52 Å². The van der Waals surface area contributed by atoms with E-state index in [1.165, 1.54) is 6.26 Å². The first kappa shape index (κ1) is 9.39. The van der Waals surface area contributed by atoms with Crippen molar-refractivity contribution in [3.05, 3.63) is 36.5 Å². The summed E-state index contributed by atoms with van der Waals surface area (Å²) in [5.74, 6) is -0.516. The monoisotopic (exact) mass is 204 g/mol. The normalized spacial score (nSPS) is 10.1. The highest BCUT2D eigenvalue weighted by Gasteiger charge is 2.08. The topological polar surface area (TPSA) is 76.2 Å². The smallest absolute Gasteiger partial charge is 0.309 e. The van der Waals surface area contributed by atoms with Gasteiger partial charge in [0.05, 0.1) is 12.1 Å². The van der Waals surface area contributed by atoms with E-state index in [1.54, 1.807) is 24.5 Å². The van der Waals surface area contributed by atoms with Crippen molar-refractivity contribution < 1.29 is 14.3 Å². The van der Waals surface area contributed by atoms with Crippen molar-refractivity contribution in [2.75, 3.05) is 0 Å². The highest BCUT2D eigenvalue weighted by Crippen LogP contribution is 2.17. The van der Waals surface area contributed by atoms with Gasteiger partial charge in [-0.05, 0) is 12.1 Å². The number of aromatic nitrogens is 2. The van der Waals surface area contributed by atoms with Crippen molar-refractivity contribution in [3.8, 4) is 11.5 Å². The van der Waals surface area contributed by atoms with Crippen LogP contribution in [-0.4, -0.2) is 21.0 Å². The largest absolute Gasteiger partial charge is 0.481 e. The summed E-state index contributed by atoms with van der Waals surface area (Å²) >= 11 is 0. The van der Waals surface area contributed by atoms with Gasteiger partial charge >= 0.3 is 5.97 Å². The summed E-state index contributed by atoms with van der Waals surface area (Å²) < 4.78 is 5.15. The second-order valence-electron chi connectivity index (χ2n) is 2.95. The minimum absolute atomic E-state index is 0.130. The van der Waals surface area contributed by atoms with Gasteiger partial charge in [0.25, 0.3) is 0 Å². The molecule has 0 bridgehead atoms. The summed E-state index contributed by atoms with van der Waals surface area (Å²) in [5, 5.41) is 8.56. The van der Waals surface area contributed by atoms with Gasteiger partial charge in [-0.15, -0.1) is 0 Å². The number of carbonyl (C=O) groups is 1. The van der Waals surface area contributed by atoms with Gasteiger partial charge in [0, 0.05) is 18.0 Å². The first-order valence-corrected chi connectivity index (χ1v) is 4.32. The quantitative estimate of drug-likeness (QED) is 0.816. The minimum Gasteiger partial charge on any atom is -0.481 e. The molecule has 0 aliphatic rings. The third-order valence-electron chi connectivity index (χ3n) is 1.81. The predicted octanol–water partition coefficient (Wildman–Crippen LogP) is 1.36. The molecule has 0 unspecified atom stereocenters. The Morgan fingerprint density at radius 1 is 1.40 bits per heavy atom. The fourth-order valence-electron chi connectivity index (χ4n) is 1.17. The maximum atomic E-state index is 10.4. The van der Waals surface area contributed by atoms with E-state index >= 15 is 0 Å². The molecule has 2 aromatic heterocycles. The molecule has 2 heterocycles. The second kappa shape index (κ2) is 3.91. The van der Waals surface area contributed by atoms with Gasteiger partial charge in [-0.2, -0.15) is 0 Å². The molecule has 15 heavy (non-hydrogen) atoms. The molecule has 0 saturated carbocycles. The molecule has 0 fully saturated rings. The van der Waals surface area contributed by atoms with Gasteiger partial charge in [0.2, 0.25) is 5.89 Å². The maximum Gasteiger partial charge on any atom is 0.309 e. The van der Waals surface area contributed by atoms with E-state index in [0.29, 0.717) is 11.6 Å². The van der Waals surface area contributed by atoms with E-state index in [2.05, 4.69) is 9.97 Å². The van der Waals surface area contributed by atoms with E-state index in [-0.39, 0.29) is 6.42 Å². The molecular weight excluding hydrogens is 196 g/mol. The van der Waals surface area contributed by atoms with E-state index in [1.807, 2.05) is 0 Å². The van der Waals surface area contributed by atoms with E-state index in [0.717, 1.165) is 5.56 Å². The predicted molar refractivity (Wildman–Crippen MR) is 51.1 cm³/mol. The van der Waals surface area contributed by atoms with Crippen LogP contribution >= 0.6 is 0 Å². The standard InChI is InChI=1S/C10H8N2O3/c13-9(14)5-8-6-15-10(12-8)7-1-3-11-4-2-7/h1-4,6H,5H2,(H,13,14). The van der Waals surface area contributed by atoms with E-state index < -0.39 is 5.97 Å². The van der Waals surface area contributed by atoms with Gasteiger partial charge in [-0.3, -0.25) is 9.78 Å². The summed E-state index contributed by atoms with van der Waals surface area (Å²) in [6.07, 6.45) is 4.46. The first-order chi connectivity index (χ1) is 7.25. The third-order valence-corrected chi connectivity index (χ3v) is 1.81. The molecule has 0 aliphatic heterocycles. The van der Waals surface area contributed by atoms with Crippen molar-refractivity contribution in [1.29, 1.82) is 0 Å². The molecule has 0 aromatic carbocycles. The number of hydrogen-bond donors (Lipinski definition) is 1. The average molecular weight is 204 g/mol. The first-order valence-electron chi connectivity index (χ1n) is 4.32. The molecule has 0 radical (unpaired) electrons. The van der Waals surface area contributed by atoms with Crippen LogP contribution in [0.1, 0.15) is 5.69 Å². The molecule has 0 spiro atoms. The summed E-state index contributed by atoms with van der Waals surface area (Å²) in [7, 11) is 0. The van der Waals surface area contributed by atoms with Crippen molar-refractivity contribution in [2.24, 2.45) is 0 Å². The number of oxazole rings is 1. The van der Waals surface area contributed by atoms with Crippen LogP contribution in [0.3, 0.4) is 0 Å². The molecule has 0 amide bonds. The van der Waals surface area contributed by atoms with Gasteiger partial charge in [0.15, 0.2) is 0 Å². The van der Waals surface area contributed by atoms with Crippen LogP contribution in [0, 0.1) is 0 Å². The van der Waals surface area contributed by atoms with Crippen LogP contribution < -0.4 is 0 Å². The summed E-state index contributed by atoms with van der Waals surface area (Å²) in [5.41, 5.74) is 1.19. The molecule has 76 valence electrons. The van der Waals surface area contributed by atoms with Crippen LogP contribution in [0.5, 0.6) is 0 Å². The number of nitrogens with zero attached hydrogens (tertiary/aromatic N) is 2. The molecule has 2 rings (SSSR count). The fraction of sp³-hybridized carbons (Fsp3) is 0.100. The zero-order valence-corrected chi connectivity index (χ0v) is 7.75. The highest BCUT2D eigenvalue weighted by molar-refractivity contribution is 5.69. The third kappa shape index (κ3) is 2.19. The van der Waals surface area contributed by atoms with Crippen molar-refractivity contribution >= 4 is 5.97 Å². The van der Waals surface area contributed by atoms with Crippen LogP contribution in [0.15, 0.2) is 35.2 Å². The SMILES string of the molecule is O=C(O)Cc1coc(-c2ccncc2)n1. The molecule has 2 aromatic rings. The van der Waals surface area contributed by atoms with Crippen molar-refractivity contribution in [3.63, 3.8) is 0 Å². The Balaban J connectivity index is 2.24. The lowest BCUT2D eigenvalue weighted by Crippen LogP contribution is -1.99. The van der Waals surface area contributed by atoms with E-state index in [9.17, 15) is 4.79 Å². The maximum absolute atomic E-state index is 10.4. The number of aliphatic carboxylic acids is 1. The summed E-state index contributed by atoms with van der Waals surface area (Å²) in [4.78, 5) is 18.3. The summed E-state index contributed by atoms with van der Waals surface area (Å²) in [6, 6.07) is 3.49. The minimum atomic E-state index is -0.926. The van der Waals surface area contributed by atoms with Crippen molar-refractivity contribution in [2.45, 2.75) is 6.42 Å². The molecule has 0 aliphatic carbocycles. The molecule has 0 saturated heterocycles. The Labute approximate surface area is 85.4 Å². The molecule has 0 atom stereocenters. The Morgan fingerprint density at radius 2 is 2.13 bits per heavy atom. The summed E-state index contributed by atoms with van der Waals surface area (Å²) in [6.45, 7) is 0. The average Bonchev–Trinajstić information content (AvgIpc) is 2.67. The Bertz CT molecular complexity index is 465. The zero-order chi connectivity index (χ0) is 10.7. The lowest BCUT2D eigenvalue weighted by Gasteiger charge is -1.91. The molecule has 1 N–H and O–H groups in total. The number of hydrogen-bond acceptors (Lipinski definition) is 4. The van der Waals surface area contributed by atoms with Crippen LogP contribution in [0.4, 0.5) is 0 Å². The Kier molecular flexibility index (Phi) is 2.45. The van der Waals surface area contributed by atoms with Crippen molar-refractivity contribution in [1.82, 2.24) is 9.97 Å². The lowest BCUT2D eigenvalue weighted by atomic mass is 10.3. The zero-order valence-electron chi connectivity index (χ0n) is 7.75. The van der Waals surface area contributed by atoms with Gasteiger partial charge in [0.1, 0.15) is 6.26 Å². The van der Waals surface area contributed by atoms with Crippen LogP contribution in [0.25, 0.3) is 11.5 Å². The Morgan fingerprint density at radius 3 is 2.80 bits per heavy atom. The number of pyridine rings is 1. The Hall–Kier alpha value is -2.17. The van der Waals surface area contributed by atoms with Gasteiger partial charge in [-0.1, -0.05) is 0 Å². The fourth-order valence-corrected chi connectivity index (χ4v) is 1.17. The number of carboxylic acids is 1. The molecule has 5 nitrogen and oxygen atoms in total. The highest BCUT2D eigenvalue weighted by atomic mass is 16.4. The number of carboxylic acid groups (broad SMARTS) is 1. The van der Waals surface area contributed by atoms with Crippen LogP contribution in [-0.2, 0) is 11.2 Å². The second-order valence-corrected chi connectivity index (χ2v) is 2.95. The van der Waals surface area contributed by atoms with Gasteiger partial charge in [-0.25, -0.2) is 4.98 Å². The number of rotatable bonds is 3. The van der Waals surface area contributed by atoms with Crippen LogP contribution in [0.2, 0.25) is 0 Å².